The van der Waals surface area contributed by atoms with E-state index in [1.165, 1.54) is 11.3 Å². The predicted molar refractivity (Wildman–Crippen MR) is 38.1 cm³/mol. The summed E-state index contributed by atoms with van der Waals surface area (Å²) in [6, 6.07) is 0. The zero-order valence-electron chi connectivity index (χ0n) is 5.46. The number of amidine groups is 1. The fourth-order valence-corrected chi connectivity index (χ4v) is 1.29. The van der Waals surface area contributed by atoms with E-state index in [9.17, 15) is 0 Å². The number of hydrogen-bond donors (Lipinski definition) is 2. The number of aromatic amines is 1. The molecule has 1 heterocycles. The Morgan fingerprint density at radius 1 is 1.90 bits per heavy atom. The van der Waals surface area contributed by atoms with Gasteiger partial charge in [-0.15, -0.1) is 0 Å². The van der Waals surface area contributed by atoms with Crippen molar-refractivity contribution in [2.24, 2.45) is 10.9 Å². The van der Waals surface area contributed by atoms with Crippen molar-refractivity contribution in [1.29, 1.82) is 0 Å². The van der Waals surface area contributed by atoms with E-state index in [1.54, 1.807) is 0 Å². The van der Waals surface area contributed by atoms with Crippen LogP contribution in [0.5, 0.6) is 0 Å². The molecule has 0 aliphatic heterocycles. The molecule has 0 spiro atoms. The lowest BCUT2D eigenvalue weighted by molar-refractivity contribution is -0.382. The van der Waals surface area contributed by atoms with Crippen LogP contribution in [-0.4, -0.2) is 11.0 Å². The first-order chi connectivity index (χ1) is 4.74. The highest BCUT2D eigenvalue weighted by Crippen LogP contribution is 2.01. The molecule has 0 atom stereocenters. The first-order valence-electron chi connectivity index (χ1n) is 2.69. The molecule has 0 aliphatic carbocycles. The quantitative estimate of drug-likeness (QED) is 0.260. The molecule has 10 heavy (non-hydrogen) atoms. The summed E-state index contributed by atoms with van der Waals surface area (Å²) in [6.07, 6.45) is 0. The Morgan fingerprint density at radius 3 is 3.00 bits per heavy atom. The van der Waals surface area contributed by atoms with Gasteiger partial charge in [0.15, 0.2) is 5.69 Å². The first kappa shape index (κ1) is 7.01. The molecule has 0 bridgehead atoms. The number of nitrogens with zero attached hydrogens (tertiary/aromatic N) is 1. The van der Waals surface area contributed by atoms with Crippen LogP contribution in [0.3, 0.4) is 0 Å². The van der Waals surface area contributed by atoms with Crippen LogP contribution >= 0.6 is 11.3 Å². The van der Waals surface area contributed by atoms with E-state index in [4.69, 9.17) is 10.9 Å². The number of aromatic nitrogens is 1. The molecule has 0 aromatic carbocycles. The minimum absolute atomic E-state index is 0.123. The normalized spacial score (nSPS) is 11.9. The number of thiazole rings is 1. The minimum Gasteiger partial charge on any atom is -0.409 e. The van der Waals surface area contributed by atoms with Crippen molar-refractivity contribution in [3.8, 4) is 0 Å². The molecule has 0 radical (unpaired) electrons. The molecule has 0 fully saturated rings. The number of nitrogens with two attached hydrogens (primary N) is 1. The number of hydrogen-bond acceptors (Lipinski definition) is 3. The lowest BCUT2D eigenvalue weighted by Crippen LogP contribution is -2.21. The van der Waals surface area contributed by atoms with Crippen molar-refractivity contribution in [2.75, 3.05) is 0 Å². The molecular formula is C5H8N3OS+. The van der Waals surface area contributed by atoms with Crippen molar-refractivity contribution in [1.82, 2.24) is 0 Å². The third-order valence-electron chi connectivity index (χ3n) is 1.00. The molecule has 0 aliphatic rings. The van der Waals surface area contributed by atoms with E-state index in [-0.39, 0.29) is 5.84 Å². The standard InChI is InChI=1S/C5H7N3OS/c1-3-2-10-5(7-3)4(6)8-9/h2,9H,1H3,(H2,6,8)/p+1. The Kier molecular flexibility index (Phi) is 1.86. The van der Waals surface area contributed by atoms with Gasteiger partial charge in [0.1, 0.15) is 0 Å². The van der Waals surface area contributed by atoms with Gasteiger partial charge in [-0.1, -0.05) is 16.5 Å². The van der Waals surface area contributed by atoms with Gasteiger partial charge in [-0.05, 0) is 0 Å². The maximum atomic E-state index is 8.25. The largest absolute Gasteiger partial charge is 0.409 e. The Hall–Kier alpha value is -1.10. The highest BCUT2D eigenvalue weighted by Gasteiger charge is 2.09. The van der Waals surface area contributed by atoms with Crippen LogP contribution in [-0.2, 0) is 0 Å². The Labute approximate surface area is 62.0 Å². The number of H-pyrrole nitrogens is 1. The summed E-state index contributed by atoms with van der Waals surface area (Å²) in [7, 11) is 0. The summed E-state index contributed by atoms with van der Waals surface area (Å²) in [6.45, 7) is 1.91. The average molecular weight is 158 g/mol. The summed E-state index contributed by atoms with van der Waals surface area (Å²) >= 11 is 1.41. The van der Waals surface area contributed by atoms with Crippen molar-refractivity contribution in [2.45, 2.75) is 6.92 Å². The smallest absolute Gasteiger partial charge is 0.306 e. The molecule has 4 N–H and O–H groups in total. The average Bonchev–Trinajstić information content (AvgIpc) is 2.34. The summed E-state index contributed by atoms with van der Waals surface area (Å²) in [5.74, 6) is 0.123. The number of rotatable bonds is 1. The molecule has 0 saturated carbocycles. The molecule has 0 saturated heterocycles. The maximum absolute atomic E-state index is 8.25. The SMILES string of the molecule is Cc1csc(/C(N)=N/O)[nH+]1. The molecule has 4 nitrogen and oxygen atoms in total. The van der Waals surface area contributed by atoms with Crippen molar-refractivity contribution in [3.63, 3.8) is 0 Å². The van der Waals surface area contributed by atoms with Crippen LogP contribution in [0, 0.1) is 6.92 Å². The predicted octanol–water partition coefficient (Wildman–Crippen LogP) is -0.0349. The molecule has 1 aromatic rings. The Bertz CT molecular complexity index is 255. The summed E-state index contributed by atoms with van der Waals surface area (Å²) < 4.78 is 0. The fraction of sp³-hybridized carbons (Fsp3) is 0.200. The molecule has 1 rings (SSSR count). The van der Waals surface area contributed by atoms with E-state index >= 15 is 0 Å². The van der Waals surface area contributed by atoms with Crippen LogP contribution in [0.25, 0.3) is 0 Å². The molecule has 0 amide bonds. The van der Waals surface area contributed by atoms with Gasteiger partial charge in [0, 0.05) is 6.92 Å². The Morgan fingerprint density at radius 2 is 2.60 bits per heavy atom. The molecular weight excluding hydrogens is 150 g/mol. The minimum atomic E-state index is 0.123. The van der Waals surface area contributed by atoms with Gasteiger partial charge in [-0.25, -0.2) is 0 Å². The molecule has 5 heteroatoms. The van der Waals surface area contributed by atoms with Gasteiger partial charge in [0.05, 0.1) is 5.38 Å². The van der Waals surface area contributed by atoms with Crippen LogP contribution in [0.2, 0.25) is 0 Å². The van der Waals surface area contributed by atoms with Gasteiger partial charge in [0.2, 0.25) is 5.84 Å². The lowest BCUT2D eigenvalue weighted by atomic mass is 10.5. The second kappa shape index (κ2) is 2.66. The van der Waals surface area contributed by atoms with E-state index < -0.39 is 0 Å². The zero-order chi connectivity index (χ0) is 7.56. The van der Waals surface area contributed by atoms with Gasteiger partial charge in [-0.3, -0.25) is 0 Å². The highest BCUT2D eigenvalue weighted by molar-refractivity contribution is 7.11. The van der Waals surface area contributed by atoms with E-state index in [1.807, 2.05) is 12.3 Å². The number of oxime groups is 1. The molecule has 1 aromatic heterocycles. The Balaban J connectivity index is 2.95. The van der Waals surface area contributed by atoms with E-state index in [0.29, 0.717) is 5.01 Å². The van der Waals surface area contributed by atoms with Crippen LogP contribution < -0.4 is 10.7 Å². The first-order valence-corrected chi connectivity index (χ1v) is 3.57. The van der Waals surface area contributed by atoms with Crippen molar-refractivity contribution < 1.29 is 10.2 Å². The molecule has 54 valence electrons. The van der Waals surface area contributed by atoms with Crippen molar-refractivity contribution >= 4 is 17.2 Å². The monoisotopic (exact) mass is 158 g/mol. The maximum Gasteiger partial charge on any atom is 0.306 e. The van der Waals surface area contributed by atoms with E-state index in [2.05, 4.69) is 10.1 Å². The second-order valence-corrected chi connectivity index (χ2v) is 2.74. The lowest BCUT2D eigenvalue weighted by Gasteiger charge is -1.81. The number of aryl methyl sites for hydroxylation is 1. The van der Waals surface area contributed by atoms with Crippen LogP contribution in [0.4, 0.5) is 0 Å². The molecule has 0 unspecified atom stereocenters. The summed E-state index contributed by atoms with van der Waals surface area (Å²) in [5.41, 5.74) is 6.29. The van der Waals surface area contributed by atoms with Crippen LogP contribution in [0.15, 0.2) is 10.5 Å². The summed E-state index contributed by atoms with van der Waals surface area (Å²) in [4.78, 5) is 2.93. The fourth-order valence-electron chi connectivity index (χ4n) is 0.555. The summed E-state index contributed by atoms with van der Waals surface area (Å²) in [5, 5.41) is 13.7. The topological polar surface area (TPSA) is 72.8 Å². The van der Waals surface area contributed by atoms with Gasteiger partial charge in [-0.2, -0.15) is 4.98 Å². The number of nitrogens with one attached hydrogen (secondary N) is 1. The van der Waals surface area contributed by atoms with Crippen molar-refractivity contribution in [3.05, 3.63) is 16.1 Å². The van der Waals surface area contributed by atoms with E-state index in [0.717, 1.165) is 5.69 Å². The van der Waals surface area contributed by atoms with Gasteiger partial charge < -0.3 is 10.9 Å². The second-order valence-electron chi connectivity index (χ2n) is 1.86. The third kappa shape index (κ3) is 1.24. The highest BCUT2D eigenvalue weighted by atomic mass is 32.1. The van der Waals surface area contributed by atoms with Gasteiger partial charge >= 0.3 is 5.01 Å². The van der Waals surface area contributed by atoms with Crippen LogP contribution in [0.1, 0.15) is 10.7 Å². The van der Waals surface area contributed by atoms with Gasteiger partial charge in [0.25, 0.3) is 0 Å². The third-order valence-corrected chi connectivity index (χ3v) is 2.02. The zero-order valence-corrected chi connectivity index (χ0v) is 6.27.